The number of H-pyrrole nitrogens is 1. The van der Waals surface area contributed by atoms with Gasteiger partial charge in [0.2, 0.25) is 0 Å². The predicted octanol–water partition coefficient (Wildman–Crippen LogP) is 2.75. The van der Waals surface area contributed by atoms with Crippen molar-refractivity contribution in [2.75, 3.05) is 5.32 Å². The van der Waals surface area contributed by atoms with Crippen molar-refractivity contribution >= 4 is 11.6 Å². The zero-order valence-corrected chi connectivity index (χ0v) is 12.2. The summed E-state index contributed by atoms with van der Waals surface area (Å²) in [4.78, 5) is 12.4. The Labute approximate surface area is 132 Å². The average molecular weight is 306 g/mol. The highest BCUT2D eigenvalue weighted by molar-refractivity contribution is 6.04. The van der Waals surface area contributed by atoms with E-state index in [-0.39, 0.29) is 5.91 Å². The third-order valence-electron chi connectivity index (χ3n) is 3.81. The molecule has 2 heterocycles. The van der Waals surface area contributed by atoms with Crippen LogP contribution >= 0.6 is 0 Å². The quantitative estimate of drug-likeness (QED) is 0.779. The van der Waals surface area contributed by atoms with Gasteiger partial charge in [-0.2, -0.15) is 15.4 Å². The van der Waals surface area contributed by atoms with E-state index < -0.39 is 0 Å². The van der Waals surface area contributed by atoms with Crippen LogP contribution in [0.4, 0.5) is 5.69 Å². The molecule has 0 bridgehead atoms. The number of nitrogens with one attached hydrogen (secondary N) is 2. The number of ether oxygens (including phenoxy) is 1. The summed E-state index contributed by atoms with van der Waals surface area (Å²) in [6.45, 7) is 1.19. The van der Waals surface area contributed by atoms with E-state index in [0.717, 1.165) is 22.4 Å². The van der Waals surface area contributed by atoms with Crippen molar-refractivity contribution in [1.82, 2.24) is 15.4 Å². The lowest BCUT2D eigenvalue weighted by Crippen LogP contribution is -2.12. The van der Waals surface area contributed by atoms with Gasteiger partial charge < -0.3 is 10.1 Å². The van der Waals surface area contributed by atoms with Crippen molar-refractivity contribution < 1.29 is 9.53 Å². The lowest BCUT2D eigenvalue weighted by atomic mass is 10.1. The van der Waals surface area contributed by atoms with Crippen LogP contribution in [0.5, 0.6) is 0 Å². The fraction of sp³-hybridized carbons (Fsp3) is 0.118. The first kappa shape index (κ1) is 13.7. The van der Waals surface area contributed by atoms with Gasteiger partial charge >= 0.3 is 0 Å². The van der Waals surface area contributed by atoms with E-state index in [1.165, 1.54) is 0 Å². The molecule has 6 heteroatoms. The van der Waals surface area contributed by atoms with Crippen molar-refractivity contribution in [3.8, 4) is 11.3 Å². The summed E-state index contributed by atoms with van der Waals surface area (Å²) in [5.74, 6) is -0.142. The standard InChI is InChI=1S/C17H14N4O2/c22-17(12-4-5-13-9-23-10-14(13)6-12)19-15-3-1-2-11(7-15)16-8-18-21-20-16/h1-8H,9-10H2,(H,19,22)(H,18,20,21). The summed E-state index contributed by atoms with van der Waals surface area (Å²) < 4.78 is 5.38. The van der Waals surface area contributed by atoms with E-state index in [0.29, 0.717) is 24.5 Å². The molecule has 1 amide bonds. The number of carbonyl (C=O) groups is 1. The molecule has 0 aliphatic carbocycles. The minimum Gasteiger partial charge on any atom is -0.372 e. The zero-order chi connectivity index (χ0) is 15.6. The van der Waals surface area contributed by atoms with Gasteiger partial charge in [-0.3, -0.25) is 4.79 Å². The number of nitrogens with zero attached hydrogens (tertiary/aromatic N) is 2. The van der Waals surface area contributed by atoms with Crippen molar-refractivity contribution in [2.24, 2.45) is 0 Å². The summed E-state index contributed by atoms with van der Waals surface area (Å²) in [7, 11) is 0. The molecule has 0 fully saturated rings. The van der Waals surface area contributed by atoms with Crippen LogP contribution in [0.2, 0.25) is 0 Å². The number of aromatic amines is 1. The molecule has 0 saturated heterocycles. The first-order valence-electron chi connectivity index (χ1n) is 7.27. The van der Waals surface area contributed by atoms with Crippen LogP contribution in [0.15, 0.2) is 48.7 Å². The second-order valence-corrected chi connectivity index (χ2v) is 5.37. The molecular weight excluding hydrogens is 292 g/mol. The van der Waals surface area contributed by atoms with Crippen LogP contribution in [0.1, 0.15) is 21.5 Å². The Morgan fingerprint density at radius 3 is 2.91 bits per heavy atom. The molecule has 0 saturated carbocycles. The number of amides is 1. The van der Waals surface area contributed by atoms with Gasteiger partial charge in [0.1, 0.15) is 5.69 Å². The lowest BCUT2D eigenvalue weighted by molar-refractivity contribution is 0.102. The van der Waals surface area contributed by atoms with Gasteiger partial charge in [0.25, 0.3) is 5.91 Å². The van der Waals surface area contributed by atoms with Crippen LogP contribution in [-0.4, -0.2) is 21.3 Å². The van der Waals surface area contributed by atoms with Crippen LogP contribution in [0, 0.1) is 0 Å². The van der Waals surface area contributed by atoms with Crippen molar-refractivity contribution in [1.29, 1.82) is 0 Å². The number of hydrogen-bond acceptors (Lipinski definition) is 4. The number of rotatable bonds is 3. The molecule has 2 N–H and O–H groups in total. The fourth-order valence-electron chi connectivity index (χ4n) is 2.61. The molecule has 0 unspecified atom stereocenters. The summed E-state index contributed by atoms with van der Waals surface area (Å²) in [6, 6.07) is 13.2. The predicted molar refractivity (Wildman–Crippen MR) is 84.7 cm³/mol. The second-order valence-electron chi connectivity index (χ2n) is 5.37. The minimum absolute atomic E-state index is 0.142. The fourth-order valence-corrected chi connectivity index (χ4v) is 2.61. The molecule has 4 rings (SSSR count). The van der Waals surface area contributed by atoms with Gasteiger partial charge in [-0.05, 0) is 35.4 Å². The van der Waals surface area contributed by atoms with Crippen molar-refractivity contribution in [3.63, 3.8) is 0 Å². The third-order valence-corrected chi connectivity index (χ3v) is 3.81. The summed E-state index contributed by atoms with van der Waals surface area (Å²) in [6.07, 6.45) is 1.64. The number of aromatic nitrogens is 3. The Morgan fingerprint density at radius 2 is 2.04 bits per heavy atom. The molecule has 1 aliphatic heterocycles. The highest BCUT2D eigenvalue weighted by Crippen LogP contribution is 2.23. The van der Waals surface area contributed by atoms with Gasteiger partial charge in [0.15, 0.2) is 0 Å². The molecule has 23 heavy (non-hydrogen) atoms. The van der Waals surface area contributed by atoms with E-state index in [4.69, 9.17) is 4.74 Å². The number of hydrogen-bond donors (Lipinski definition) is 2. The van der Waals surface area contributed by atoms with Gasteiger partial charge in [0, 0.05) is 16.8 Å². The molecule has 114 valence electrons. The van der Waals surface area contributed by atoms with Crippen LogP contribution < -0.4 is 5.32 Å². The molecule has 2 aromatic carbocycles. The first-order valence-corrected chi connectivity index (χ1v) is 7.27. The smallest absolute Gasteiger partial charge is 0.255 e. The van der Waals surface area contributed by atoms with Crippen LogP contribution in [0.3, 0.4) is 0 Å². The van der Waals surface area contributed by atoms with Gasteiger partial charge in [-0.1, -0.05) is 18.2 Å². The molecule has 6 nitrogen and oxygen atoms in total. The normalized spacial score (nSPS) is 12.9. The largest absolute Gasteiger partial charge is 0.372 e. The maximum atomic E-state index is 12.4. The monoisotopic (exact) mass is 306 g/mol. The summed E-state index contributed by atoms with van der Waals surface area (Å²) >= 11 is 0. The second kappa shape index (κ2) is 5.66. The van der Waals surface area contributed by atoms with E-state index in [9.17, 15) is 4.79 Å². The number of fused-ring (bicyclic) bond motifs is 1. The van der Waals surface area contributed by atoms with Gasteiger partial charge in [-0.15, -0.1) is 0 Å². The maximum absolute atomic E-state index is 12.4. The SMILES string of the molecule is O=C(Nc1cccc(-c2cn[nH]n2)c1)c1ccc2c(c1)COC2. The van der Waals surface area contributed by atoms with Gasteiger partial charge in [0.05, 0.1) is 19.4 Å². The Bertz CT molecular complexity index is 859. The third kappa shape index (κ3) is 2.72. The molecule has 0 spiro atoms. The number of anilines is 1. The molecule has 3 aromatic rings. The highest BCUT2D eigenvalue weighted by atomic mass is 16.5. The minimum atomic E-state index is -0.142. The van der Waals surface area contributed by atoms with E-state index in [1.807, 2.05) is 42.5 Å². The molecule has 0 atom stereocenters. The highest BCUT2D eigenvalue weighted by Gasteiger charge is 2.14. The average Bonchev–Trinajstić information content (AvgIpc) is 3.26. The topological polar surface area (TPSA) is 79.9 Å². The summed E-state index contributed by atoms with van der Waals surface area (Å²) in [5, 5.41) is 13.3. The lowest BCUT2D eigenvalue weighted by Gasteiger charge is -2.07. The Kier molecular flexibility index (Phi) is 3.36. The molecule has 1 aliphatic rings. The molecule has 0 radical (unpaired) electrons. The number of benzene rings is 2. The Balaban J connectivity index is 1.56. The van der Waals surface area contributed by atoms with Gasteiger partial charge in [-0.25, -0.2) is 0 Å². The van der Waals surface area contributed by atoms with Crippen LogP contribution in [-0.2, 0) is 18.0 Å². The van der Waals surface area contributed by atoms with E-state index in [2.05, 4.69) is 20.7 Å². The van der Waals surface area contributed by atoms with Crippen LogP contribution in [0.25, 0.3) is 11.3 Å². The molecular formula is C17H14N4O2. The number of carbonyl (C=O) groups excluding carboxylic acids is 1. The van der Waals surface area contributed by atoms with Crippen molar-refractivity contribution in [2.45, 2.75) is 13.2 Å². The van der Waals surface area contributed by atoms with E-state index in [1.54, 1.807) is 6.20 Å². The van der Waals surface area contributed by atoms with Crippen molar-refractivity contribution in [3.05, 3.63) is 65.4 Å². The van der Waals surface area contributed by atoms with E-state index >= 15 is 0 Å². The molecule has 1 aromatic heterocycles. The summed E-state index contributed by atoms with van der Waals surface area (Å²) in [5.41, 5.74) is 5.19. The Morgan fingerprint density at radius 1 is 1.13 bits per heavy atom. The Hall–Kier alpha value is -2.99. The zero-order valence-electron chi connectivity index (χ0n) is 12.2. The first-order chi connectivity index (χ1) is 11.3. The maximum Gasteiger partial charge on any atom is 0.255 e.